The fraction of sp³-hybridized carbons (Fsp3) is 0.500. The van der Waals surface area contributed by atoms with Crippen LogP contribution in [0.25, 0.3) is 0 Å². The van der Waals surface area contributed by atoms with E-state index in [1.54, 1.807) is 0 Å². The smallest absolute Gasteiger partial charge is 0.224 e. The van der Waals surface area contributed by atoms with E-state index in [1.165, 1.54) is 12.8 Å². The van der Waals surface area contributed by atoms with Crippen molar-refractivity contribution >= 4 is 17.5 Å². The van der Waals surface area contributed by atoms with Gasteiger partial charge in [-0.2, -0.15) is 0 Å². The van der Waals surface area contributed by atoms with E-state index in [1.807, 2.05) is 24.3 Å². The minimum absolute atomic E-state index is 0.0599. The van der Waals surface area contributed by atoms with Crippen LogP contribution >= 0.6 is 11.6 Å². The lowest BCUT2D eigenvalue weighted by Gasteiger charge is -2.23. The first-order valence-electron chi connectivity index (χ1n) is 6.48. The van der Waals surface area contributed by atoms with Crippen molar-refractivity contribution in [2.45, 2.75) is 31.7 Å². The average Bonchev–Trinajstić information content (AvgIpc) is 2.38. The van der Waals surface area contributed by atoms with Gasteiger partial charge in [-0.05, 0) is 37.1 Å². The van der Waals surface area contributed by atoms with Crippen LogP contribution < -0.4 is 10.6 Å². The van der Waals surface area contributed by atoms with Gasteiger partial charge in [-0.3, -0.25) is 4.79 Å². The Labute approximate surface area is 113 Å². The van der Waals surface area contributed by atoms with Crippen molar-refractivity contribution < 1.29 is 4.79 Å². The molecule has 1 aliphatic rings. The maximum absolute atomic E-state index is 11.8. The molecule has 2 rings (SSSR count). The van der Waals surface area contributed by atoms with Crippen LogP contribution in [0.3, 0.4) is 0 Å². The van der Waals surface area contributed by atoms with E-state index in [4.69, 9.17) is 11.6 Å². The van der Waals surface area contributed by atoms with Crippen LogP contribution in [0, 0.1) is 0 Å². The molecular weight excluding hydrogens is 248 g/mol. The lowest BCUT2D eigenvalue weighted by molar-refractivity contribution is -0.120. The second kappa shape index (κ2) is 6.76. The number of hydrogen-bond acceptors (Lipinski definition) is 2. The van der Waals surface area contributed by atoms with Gasteiger partial charge in [0, 0.05) is 17.6 Å². The molecule has 3 nitrogen and oxygen atoms in total. The van der Waals surface area contributed by atoms with Crippen LogP contribution in [0.4, 0.5) is 0 Å². The third-order valence-corrected chi connectivity index (χ3v) is 3.45. The van der Waals surface area contributed by atoms with Crippen molar-refractivity contribution in [1.82, 2.24) is 10.6 Å². The van der Waals surface area contributed by atoms with Crippen molar-refractivity contribution in [1.29, 1.82) is 0 Å². The number of piperidine rings is 1. The highest BCUT2D eigenvalue weighted by molar-refractivity contribution is 6.30. The summed E-state index contributed by atoms with van der Waals surface area (Å²) in [6.45, 7) is 1.79. The molecule has 0 aliphatic carbocycles. The van der Waals surface area contributed by atoms with Crippen molar-refractivity contribution in [3.63, 3.8) is 0 Å². The SMILES string of the molecule is O=C(Cc1cccc(Cl)c1)NCC1CCCCN1. The maximum Gasteiger partial charge on any atom is 0.224 e. The molecule has 0 saturated carbocycles. The molecule has 1 atom stereocenters. The topological polar surface area (TPSA) is 41.1 Å². The Kier molecular flexibility index (Phi) is 5.02. The van der Waals surface area contributed by atoms with Gasteiger partial charge in [0.25, 0.3) is 0 Å². The number of halogens is 1. The lowest BCUT2D eigenvalue weighted by Crippen LogP contribution is -2.43. The molecule has 1 unspecified atom stereocenters. The fourth-order valence-corrected chi connectivity index (χ4v) is 2.44. The highest BCUT2D eigenvalue weighted by Crippen LogP contribution is 2.11. The van der Waals surface area contributed by atoms with E-state index in [9.17, 15) is 4.79 Å². The molecule has 1 heterocycles. The van der Waals surface area contributed by atoms with Gasteiger partial charge in [0.05, 0.1) is 6.42 Å². The Morgan fingerprint density at radius 2 is 2.33 bits per heavy atom. The highest BCUT2D eigenvalue weighted by atomic mass is 35.5. The molecule has 1 aromatic carbocycles. The Bertz CT molecular complexity index is 403. The molecule has 18 heavy (non-hydrogen) atoms. The van der Waals surface area contributed by atoms with Gasteiger partial charge in [0.15, 0.2) is 0 Å². The van der Waals surface area contributed by atoms with Crippen molar-refractivity contribution in [2.24, 2.45) is 0 Å². The second-order valence-corrected chi connectivity index (χ2v) is 5.19. The quantitative estimate of drug-likeness (QED) is 0.877. The predicted octanol–water partition coefficient (Wildman–Crippen LogP) is 2.14. The van der Waals surface area contributed by atoms with E-state index < -0.39 is 0 Å². The van der Waals surface area contributed by atoms with E-state index >= 15 is 0 Å². The molecule has 1 fully saturated rings. The van der Waals surface area contributed by atoms with E-state index in [2.05, 4.69) is 10.6 Å². The first kappa shape index (κ1) is 13.4. The summed E-state index contributed by atoms with van der Waals surface area (Å²) in [5, 5.41) is 7.06. The van der Waals surface area contributed by atoms with Crippen LogP contribution in [0.1, 0.15) is 24.8 Å². The maximum atomic E-state index is 11.8. The van der Waals surface area contributed by atoms with Crippen LogP contribution in [0.2, 0.25) is 5.02 Å². The van der Waals surface area contributed by atoms with Crippen LogP contribution in [0.15, 0.2) is 24.3 Å². The monoisotopic (exact) mass is 266 g/mol. The summed E-state index contributed by atoms with van der Waals surface area (Å²) in [5.74, 6) is 0.0599. The van der Waals surface area contributed by atoms with E-state index in [0.29, 0.717) is 17.5 Å². The van der Waals surface area contributed by atoms with Crippen LogP contribution in [0.5, 0.6) is 0 Å². The summed E-state index contributed by atoms with van der Waals surface area (Å²) in [6.07, 6.45) is 4.04. The largest absolute Gasteiger partial charge is 0.354 e. The average molecular weight is 267 g/mol. The highest BCUT2D eigenvalue weighted by Gasteiger charge is 2.13. The molecule has 0 spiro atoms. The van der Waals surface area contributed by atoms with Gasteiger partial charge in [-0.25, -0.2) is 0 Å². The molecule has 1 aromatic rings. The van der Waals surface area contributed by atoms with Gasteiger partial charge in [-0.1, -0.05) is 30.2 Å². The summed E-state index contributed by atoms with van der Waals surface area (Å²) < 4.78 is 0. The zero-order valence-electron chi connectivity index (χ0n) is 10.4. The number of carbonyl (C=O) groups is 1. The summed E-state index contributed by atoms with van der Waals surface area (Å²) in [4.78, 5) is 11.8. The lowest BCUT2D eigenvalue weighted by atomic mass is 10.0. The Balaban J connectivity index is 1.74. The first-order chi connectivity index (χ1) is 8.74. The Morgan fingerprint density at radius 3 is 3.06 bits per heavy atom. The summed E-state index contributed by atoms with van der Waals surface area (Å²) in [7, 11) is 0. The Morgan fingerprint density at radius 1 is 1.44 bits per heavy atom. The molecule has 0 radical (unpaired) electrons. The number of nitrogens with one attached hydrogen (secondary N) is 2. The van der Waals surface area contributed by atoms with E-state index in [0.717, 1.165) is 25.1 Å². The predicted molar refractivity (Wildman–Crippen MR) is 73.8 cm³/mol. The minimum Gasteiger partial charge on any atom is -0.354 e. The summed E-state index contributed by atoms with van der Waals surface area (Å²) in [6, 6.07) is 7.87. The number of carbonyl (C=O) groups excluding carboxylic acids is 1. The van der Waals surface area contributed by atoms with Gasteiger partial charge >= 0.3 is 0 Å². The van der Waals surface area contributed by atoms with Gasteiger partial charge < -0.3 is 10.6 Å². The summed E-state index contributed by atoms with van der Waals surface area (Å²) >= 11 is 5.89. The standard InChI is InChI=1S/C14H19ClN2O/c15-12-5-3-4-11(8-12)9-14(18)17-10-13-6-1-2-7-16-13/h3-5,8,13,16H,1-2,6-7,9-10H2,(H,17,18). The van der Waals surface area contributed by atoms with E-state index in [-0.39, 0.29) is 5.91 Å². The molecule has 98 valence electrons. The van der Waals surface area contributed by atoms with Crippen LogP contribution in [-0.4, -0.2) is 25.0 Å². The number of rotatable bonds is 4. The van der Waals surface area contributed by atoms with Gasteiger partial charge in [0.2, 0.25) is 5.91 Å². The zero-order valence-corrected chi connectivity index (χ0v) is 11.2. The van der Waals surface area contributed by atoms with Crippen molar-refractivity contribution in [3.8, 4) is 0 Å². The third kappa shape index (κ3) is 4.31. The molecular formula is C14H19ClN2O. The Hall–Kier alpha value is -1.06. The number of benzene rings is 1. The normalized spacial score (nSPS) is 19.5. The molecule has 2 N–H and O–H groups in total. The van der Waals surface area contributed by atoms with Crippen molar-refractivity contribution in [3.05, 3.63) is 34.9 Å². The molecule has 0 aromatic heterocycles. The van der Waals surface area contributed by atoms with Crippen molar-refractivity contribution in [2.75, 3.05) is 13.1 Å². The molecule has 1 aliphatic heterocycles. The number of hydrogen-bond donors (Lipinski definition) is 2. The molecule has 1 amide bonds. The number of amides is 1. The first-order valence-corrected chi connectivity index (χ1v) is 6.86. The van der Waals surface area contributed by atoms with Gasteiger partial charge in [-0.15, -0.1) is 0 Å². The molecule has 4 heteroatoms. The minimum atomic E-state index is 0.0599. The van der Waals surface area contributed by atoms with Gasteiger partial charge in [0.1, 0.15) is 0 Å². The summed E-state index contributed by atoms with van der Waals surface area (Å²) in [5.41, 5.74) is 0.955. The molecule has 1 saturated heterocycles. The zero-order chi connectivity index (χ0) is 12.8. The third-order valence-electron chi connectivity index (χ3n) is 3.21. The fourth-order valence-electron chi connectivity index (χ4n) is 2.23. The second-order valence-electron chi connectivity index (χ2n) is 4.76. The molecule has 0 bridgehead atoms. The van der Waals surface area contributed by atoms with Crippen LogP contribution in [-0.2, 0) is 11.2 Å².